The summed E-state index contributed by atoms with van der Waals surface area (Å²) in [4.78, 5) is 12.4. The first-order chi connectivity index (χ1) is 11.9. The molecule has 3 rings (SSSR count). The monoisotopic (exact) mass is 343 g/mol. The molecule has 2 atom stereocenters. The number of carbonyl (C=O) groups is 1. The van der Waals surface area contributed by atoms with E-state index < -0.39 is 5.60 Å². The summed E-state index contributed by atoms with van der Waals surface area (Å²) in [6.07, 6.45) is 2.73. The number of amides is 1. The Balaban J connectivity index is 1.71. The molecule has 6 heteroatoms. The first kappa shape index (κ1) is 17.5. The normalized spacial score (nSPS) is 22.8. The summed E-state index contributed by atoms with van der Waals surface area (Å²) in [6, 6.07) is 9.25. The van der Waals surface area contributed by atoms with Crippen LogP contribution >= 0.6 is 0 Å². The van der Waals surface area contributed by atoms with Crippen molar-refractivity contribution >= 4 is 5.91 Å². The second-order valence-electron chi connectivity index (χ2n) is 6.86. The Morgan fingerprint density at radius 3 is 2.76 bits per heavy atom. The molecular formula is C19H25N3O3. The van der Waals surface area contributed by atoms with Gasteiger partial charge in [0.1, 0.15) is 5.75 Å². The number of hydrogen-bond acceptors (Lipinski definition) is 4. The van der Waals surface area contributed by atoms with Crippen LogP contribution in [0.15, 0.2) is 30.3 Å². The van der Waals surface area contributed by atoms with Gasteiger partial charge in [0.25, 0.3) is 5.91 Å². The van der Waals surface area contributed by atoms with Crippen LogP contribution in [0.3, 0.4) is 0 Å². The average molecular weight is 343 g/mol. The first-order valence-electron chi connectivity index (χ1n) is 8.64. The highest BCUT2D eigenvalue weighted by Gasteiger charge is 2.38. The summed E-state index contributed by atoms with van der Waals surface area (Å²) >= 11 is 0. The number of hydrogen-bond donors (Lipinski definition) is 2. The number of methoxy groups -OCH3 is 1. The summed E-state index contributed by atoms with van der Waals surface area (Å²) in [5.41, 5.74) is 1.27. The maximum absolute atomic E-state index is 12.4. The molecule has 134 valence electrons. The minimum atomic E-state index is -0.802. The van der Waals surface area contributed by atoms with Crippen LogP contribution in [0.25, 0.3) is 5.69 Å². The maximum atomic E-state index is 12.4. The van der Waals surface area contributed by atoms with Crippen molar-refractivity contribution in [1.29, 1.82) is 0 Å². The Morgan fingerprint density at radius 2 is 2.16 bits per heavy atom. The van der Waals surface area contributed by atoms with Gasteiger partial charge in [-0.1, -0.05) is 13.3 Å². The van der Waals surface area contributed by atoms with Crippen molar-refractivity contribution in [3.05, 3.63) is 41.7 Å². The quantitative estimate of drug-likeness (QED) is 0.874. The van der Waals surface area contributed by atoms with E-state index >= 15 is 0 Å². The number of nitrogens with zero attached hydrogens (tertiary/aromatic N) is 2. The minimum Gasteiger partial charge on any atom is -0.497 e. The summed E-state index contributed by atoms with van der Waals surface area (Å²) in [5, 5.41) is 17.8. The molecule has 1 amide bonds. The standard InChI is InChI=1S/C19H25N3O3/c1-13-5-4-10-19(13,24)12-20-18(23)17-11-14(2)22(21-17)15-6-8-16(25-3)9-7-15/h6-9,11,13,24H,4-5,10,12H2,1-3H3,(H,20,23)/t13-,19+/m0/s1. The molecule has 2 N–H and O–H groups in total. The fourth-order valence-corrected chi connectivity index (χ4v) is 3.39. The molecular weight excluding hydrogens is 318 g/mol. The van der Waals surface area contributed by atoms with Gasteiger partial charge in [0.05, 0.1) is 18.4 Å². The van der Waals surface area contributed by atoms with Gasteiger partial charge in [0, 0.05) is 12.2 Å². The Morgan fingerprint density at radius 1 is 1.44 bits per heavy atom. The van der Waals surface area contributed by atoms with Crippen LogP contribution in [0.4, 0.5) is 0 Å². The second-order valence-corrected chi connectivity index (χ2v) is 6.86. The Hall–Kier alpha value is -2.34. The van der Waals surface area contributed by atoms with E-state index in [0.29, 0.717) is 5.69 Å². The Bertz CT molecular complexity index is 754. The lowest BCUT2D eigenvalue weighted by molar-refractivity contribution is 0.0101. The second kappa shape index (κ2) is 6.88. The fraction of sp³-hybridized carbons (Fsp3) is 0.474. The van der Waals surface area contributed by atoms with Crippen molar-refractivity contribution in [3.8, 4) is 11.4 Å². The summed E-state index contributed by atoms with van der Waals surface area (Å²) in [5.74, 6) is 0.708. The number of ether oxygens (including phenoxy) is 1. The number of rotatable bonds is 5. The molecule has 0 unspecified atom stereocenters. The molecule has 0 aliphatic heterocycles. The molecule has 0 bridgehead atoms. The fourth-order valence-electron chi connectivity index (χ4n) is 3.39. The predicted octanol–water partition coefficient (Wildman–Crippen LogP) is 2.47. The van der Waals surface area contributed by atoms with E-state index in [9.17, 15) is 9.90 Å². The van der Waals surface area contributed by atoms with E-state index in [0.717, 1.165) is 36.4 Å². The molecule has 1 aliphatic carbocycles. The molecule has 0 saturated heterocycles. The van der Waals surface area contributed by atoms with Gasteiger partial charge in [-0.25, -0.2) is 4.68 Å². The highest BCUT2D eigenvalue weighted by Crippen LogP contribution is 2.34. The largest absolute Gasteiger partial charge is 0.497 e. The van der Waals surface area contributed by atoms with Gasteiger partial charge in [0.2, 0.25) is 0 Å². The molecule has 2 aromatic rings. The van der Waals surface area contributed by atoms with E-state index in [1.54, 1.807) is 17.9 Å². The smallest absolute Gasteiger partial charge is 0.271 e. The van der Waals surface area contributed by atoms with E-state index in [2.05, 4.69) is 10.4 Å². The number of aliphatic hydroxyl groups is 1. The van der Waals surface area contributed by atoms with Crippen LogP contribution in [0.1, 0.15) is 42.4 Å². The summed E-state index contributed by atoms with van der Waals surface area (Å²) < 4.78 is 6.88. The lowest BCUT2D eigenvalue weighted by Gasteiger charge is -2.27. The van der Waals surface area contributed by atoms with Crippen LogP contribution in [0.2, 0.25) is 0 Å². The first-order valence-corrected chi connectivity index (χ1v) is 8.64. The molecule has 0 spiro atoms. The Kier molecular flexibility index (Phi) is 4.81. The average Bonchev–Trinajstić information content (AvgIpc) is 3.16. The number of aryl methyl sites for hydroxylation is 1. The molecule has 6 nitrogen and oxygen atoms in total. The highest BCUT2D eigenvalue weighted by atomic mass is 16.5. The predicted molar refractivity (Wildman–Crippen MR) is 95.2 cm³/mol. The number of carbonyl (C=O) groups excluding carboxylic acids is 1. The van der Waals surface area contributed by atoms with Crippen LogP contribution < -0.4 is 10.1 Å². The third-order valence-corrected chi connectivity index (χ3v) is 5.16. The minimum absolute atomic E-state index is 0.200. The van der Waals surface area contributed by atoms with Crippen molar-refractivity contribution in [2.45, 2.75) is 38.7 Å². The van der Waals surface area contributed by atoms with Crippen molar-refractivity contribution < 1.29 is 14.6 Å². The molecule has 1 saturated carbocycles. The molecule has 1 aliphatic rings. The van der Waals surface area contributed by atoms with Gasteiger partial charge in [-0.15, -0.1) is 0 Å². The van der Waals surface area contributed by atoms with Crippen molar-refractivity contribution in [3.63, 3.8) is 0 Å². The molecule has 1 aromatic heterocycles. The Labute approximate surface area is 147 Å². The number of aromatic nitrogens is 2. The maximum Gasteiger partial charge on any atom is 0.271 e. The van der Waals surface area contributed by atoms with Gasteiger partial charge in [-0.3, -0.25) is 4.79 Å². The molecule has 1 fully saturated rings. The molecule has 0 radical (unpaired) electrons. The van der Waals surface area contributed by atoms with Gasteiger partial charge in [-0.05, 0) is 56.0 Å². The van der Waals surface area contributed by atoms with E-state index in [-0.39, 0.29) is 18.4 Å². The summed E-state index contributed by atoms with van der Waals surface area (Å²) in [6.45, 7) is 4.20. The molecule has 1 aromatic carbocycles. The van der Waals surface area contributed by atoms with Crippen molar-refractivity contribution in [2.75, 3.05) is 13.7 Å². The topological polar surface area (TPSA) is 76.4 Å². The highest BCUT2D eigenvalue weighted by molar-refractivity contribution is 5.92. The van der Waals surface area contributed by atoms with Gasteiger partial charge in [0.15, 0.2) is 5.69 Å². The molecule has 1 heterocycles. The van der Waals surface area contributed by atoms with Crippen LogP contribution in [-0.2, 0) is 0 Å². The van der Waals surface area contributed by atoms with Crippen LogP contribution in [0.5, 0.6) is 5.75 Å². The van der Waals surface area contributed by atoms with Crippen molar-refractivity contribution in [2.24, 2.45) is 5.92 Å². The lowest BCUT2D eigenvalue weighted by atomic mass is 9.92. The van der Waals surface area contributed by atoms with Gasteiger partial charge in [-0.2, -0.15) is 5.10 Å². The zero-order valence-corrected chi connectivity index (χ0v) is 15.0. The third-order valence-electron chi connectivity index (χ3n) is 5.16. The zero-order valence-electron chi connectivity index (χ0n) is 15.0. The number of nitrogens with one attached hydrogen (secondary N) is 1. The van der Waals surface area contributed by atoms with Gasteiger partial charge >= 0.3 is 0 Å². The SMILES string of the molecule is COc1ccc(-n2nc(C(=O)NC[C@]3(O)CCC[C@@H]3C)cc2C)cc1. The van der Waals surface area contributed by atoms with Crippen LogP contribution in [0, 0.1) is 12.8 Å². The third kappa shape index (κ3) is 3.54. The number of benzene rings is 1. The van der Waals surface area contributed by atoms with Crippen LogP contribution in [-0.4, -0.2) is 40.0 Å². The van der Waals surface area contributed by atoms with E-state index in [4.69, 9.17) is 4.74 Å². The molecule has 25 heavy (non-hydrogen) atoms. The lowest BCUT2D eigenvalue weighted by Crippen LogP contribution is -2.44. The summed E-state index contributed by atoms with van der Waals surface area (Å²) in [7, 11) is 1.62. The van der Waals surface area contributed by atoms with E-state index in [1.807, 2.05) is 38.1 Å². The van der Waals surface area contributed by atoms with E-state index in [1.165, 1.54) is 0 Å². The zero-order chi connectivity index (χ0) is 18.0. The van der Waals surface area contributed by atoms with Crippen molar-refractivity contribution in [1.82, 2.24) is 15.1 Å². The van der Waals surface area contributed by atoms with Gasteiger partial charge < -0.3 is 15.2 Å².